The average Bonchev–Trinajstić information content (AvgIpc) is 3.21. The number of fused-ring (bicyclic) bond motifs is 1. The SMILES string of the molecule is CC(=O)N1CC(Oc2ccn3ncc(C(=O)Nc4cc(-c5noc([C@H]6C[C@@H]6F)n5)ccc4C)c3c2)C1. The third-order valence-corrected chi connectivity index (χ3v) is 6.55. The topological polar surface area (TPSA) is 115 Å². The number of hydrogen-bond acceptors (Lipinski definition) is 7. The maximum absolute atomic E-state index is 13.3. The number of halogens is 1. The summed E-state index contributed by atoms with van der Waals surface area (Å²) in [4.78, 5) is 30.6. The highest BCUT2D eigenvalue weighted by atomic mass is 19.1. The molecular weight excluding hydrogens is 467 g/mol. The number of hydrogen-bond donors (Lipinski definition) is 1. The lowest BCUT2D eigenvalue weighted by molar-refractivity contribution is -0.137. The molecule has 0 radical (unpaired) electrons. The molecule has 184 valence electrons. The third kappa shape index (κ3) is 4.06. The summed E-state index contributed by atoms with van der Waals surface area (Å²) in [5, 5.41) is 11.2. The minimum Gasteiger partial charge on any atom is -0.487 e. The van der Waals surface area contributed by atoms with E-state index in [1.54, 1.807) is 33.8 Å². The van der Waals surface area contributed by atoms with Gasteiger partial charge in [0.2, 0.25) is 17.6 Å². The Morgan fingerprint density at radius 1 is 1.22 bits per heavy atom. The van der Waals surface area contributed by atoms with Crippen LogP contribution in [0, 0.1) is 6.92 Å². The fraction of sp³-hybridized carbons (Fsp3) is 0.320. The third-order valence-electron chi connectivity index (χ3n) is 6.55. The van der Waals surface area contributed by atoms with Gasteiger partial charge < -0.3 is 19.5 Å². The van der Waals surface area contributed by atoms with Crippen molar-refractivity contribution in [3.8, 4) is 17.1 Å². The number of carbonyl (C=O) groups is 2. The molecule has 1 saturated heterocycles. The number of rotatable bonds is 6. The molecule has 2 fully saturated rings. The van der Waals surface area contributed by atoms with Crippen LogP contribution in [-0.4, -0.2) is 61.8 Å². The normalized spacial score (nSPS) is 19.2. The van der Waals surface area contributed by atoms with E-state index in [0.717, 1.165) is 5.56 Å². The molecule has 3 aromatic heterocycles. The van der Waals surface area contributed by atoms with Crippen molar-refractivity contribution in [3.05, 3.63) is 59.7 Å². The van der Waals surface area contributed by atoms with Crippen LogP contribution in [0.5, 0.6) is 5.75 Å². The van der Waals surface area contributed by atoms with E-state index in [-0.39, 0.29) is 23.8 Å². The lowest BCUT2D eigenvalue weighted by Crippen LogP contribution is -2.55. The smallest absolute Gasteiger partial charge is 0.259 e. The van der Waals surface area contributed by atoms with E-state index in [1.807, 2.05) is 19.1 Å². The lowest BCUT2D eigenvalue weighted by atomic mass is 10.1. The van der Waals surface area contributed by atoms with Gasteiger partial charge in [-0.2, -0.15) is 10.1 Å². The fourth-order valence-corrected chi connectivity index (χ4v) is 4.18. The van der Waals surface area contributed by atoms with E-state index < -0.39 is 6.17 Å². The van der Waals surface area contributed by atoms with Crippen molar-refractivity contribution in [2.24, 2.45) is 0 Å². The van der Waals surface area contributed by atoms with Crippen LogP contribution in [0.2, 0.25) is 0 Å². The summed E-state index contributed by atoms with van der Waals surface area (Å²) >= 11 is 0. The molecule has 1 aliphatic heterocycles. The maximum Gasteiger partial charge on any atom is 0.259 e. The number of amides is 2. The molecule has 1 aliphatic carbocycles. The Morgan fingerprint density at radius 3 is 2.78 bits per heavy atom. The molecule has 10 nitrogen and oxygen atoms in total. The molecule has 36 heavy (non-hydrogen) atoms. The first-order valence-electron chi connectivity index (χ1n) is 11.7. The first-order valence-corrected chi connectivity index (χ1v) is 11.7. The van der Waals surface area contributed by atoms with E-state index in [1.165, 1.54) is 13.1 Å². The molecule has 11 heteroatoms. The van der Waals surface area contributed by atoms with E-state index in [4.69, 9.17) is 9.26 Å². The number of nitrogens with zero attached hydrogens (tertiary/aromatic N) is 5. The zero-order valence-corrected chi connectivity index (χ0v) is 19.6. The van der Waals surface area contributed by atoms with Crippen molar-refractivity contribution in [1.29, 1.82) is 0 Å². The monoisotopic (exact) mass is 490 g/mol. The Morgan fingerprint density at radius 2 is 2.03 bits per heavy atom. The van der Waals surface area contributed by atoms with Crippen LogP contribution in [0.25, 0.3) is 16.9 Å². The van der Waals surface area contributed by atoms with Crippen LogP contribution in [0.1, 0.15) is 41.1 Å². The molecule has 4 aromatic rings. The second kappa shape index (κ2) is 8.43. The van der Waals surface area contributed by atoms with E-state index in [9.17, 15) is 14.0 Å². The van der Waals surface area contributed by atoms with Gasteiger partial charge in [0.25, 0.3) is 5.91 Å². The number of pyridine rings is 1. The Kier molecular flexibility index (Phi) is 5.20. The zero-order chi connectivity index (χ0) is 25.0. The summed E-state index contributed by atoms with van der Waals surface area (Å²) in [6.45, 7) is 4.49. The first kappa shape index (κ1) is 22.2. The van der Waals surface area contributed by atoms with Crippen LogP contribution in [0.15, 0.2) is 47.2 Å². The molecule has 0 unspecified atom stereocenters. The fourth-order valence-electron chi connectivity index (χ4n) is 4.18. The predicted molar refractivity (Wildman–Crippen MR) is 127 cm³/mol. The van der Waals surface area contributed by atoms with Crippen molar-refractivity contribution < 1.29 is 23.2 Å². The predicted octanol–water partition coefficient (Wildman–Crippen LogP) is 3.38. The van der Waals surface area contributed by atoms with Gasteiger partial charge in [-0.3, -0.25) is 9.59 Å². The first-order chi connectivity index (χ1) is 17.4. The van der Waals surface area contributed by atoms with Gasteiger partial charge in [-0.25, -0.2) is 8.91 Å². The quantitative estimate of drug-likeness (QED) is 0.441. The highest BCUT2D eigenvalue weighted by molar-refractivity contribution is 6.09. The number of aryl methyl sites for hydroxylation is 1. The molecule has 1 N–H and O–H groups in total. The number of carbonyl (C=O) groups excluding carboxylic acids is 2. The van der Waals surface area contributed by atoms with Crippen LogP contribution < -0.4 is 10.1 Å². The number of nitrogens with one attached hydrogen (secondary N) is 1. The average molecular weight is 490 g/mol. The van der Waals surface area contributed by atoms with E-state index >= 15 is 0 Å². The number of alkyl halides is 1. The molecule has 2 atom stereocenters. The Balaban J connectivity index is 1.20. The van der Waals surface area contributed by atoms with Crippen molar-refractivity contribution in [2.45, 2.75) is 38.5 Å². The van der Waals surface area contributed by atoms with Gasteiger partial charge in [-0.05, 0) is 31.0 Å². The van der Waals surface area contributed by atoms with Gasteiger partial charge >= 0.3 is 0 Å². The van der Waals surface area contributed by atoms with Crippen LogP contribution in [-0.2, 0) is 4.79 Å². The van der Waals surface area contributed by atoms with Crippen LogP contribution in [0.4, 0.5) is 10.1 Å². The molecule has 1 saturated carbocycles. The van der Waals surface area contributed by atoms with Crippen molar-refractivity contribution in [3.63, 3.8) is 0 Å². The van der Waals surface area contributed by atoms with Crippen molar-refractivity contribution >= 4 is 23.0 Å². The van der Waals surface area contributed by atoms with Gasteiger partial charge in [0.05, 0.1) is 36.3 Å². The van der Waals surface area contributed by atoms with Gasteiger partial charge in [0.15, 0.2) is 0 Å². The van der Waals surface area contributed by atoms with Crippen LogP contribution >= 0.6 is 0 Å². The minimum absolute atomic E-state index is 0.0236. The van der Waals surface area contributed by atoms with Crippen molar-refractivity contribution in [1.82, 2.24) is 24.7 Å². The highest BCUT2D eigenvalue weighted by Gasteiger charge is 2.43. The Hall–Kier alpha value is -4.28. The second-order valence-corrected chi connectivity index (χ2v) is 9.21. The molecule has 6 rings (SSSR count). The molecular formula is C25H23FN6O4. The summed E-state index contributed by atoms with van der Waals surface area (Å²) in [7, 11) is 0. The number of aromatic nitrogens is 4. The van der Waals surface area contributed by atoms with Crippen LogP contribution in [0.3, 0.4) is 0 Å². The molecule has 1 aromatic carbocycles. The van der Waals surface area contributed by atoms with Crippen molar-refractivity contribution in [2.75, 3.05) is 18.4 Å². The number of ether oxygens (including phenoxy) is 1. The summed E-state index contributed by atoms with van der Waals surface area (Å²) in [6, 6.07) is 8.97. The Bertz CT molecular complexity index is 1490. The Labute approximate surface area is 205 Å². The summed E-state index contributed by atoms with van der Waals surface area (Å²) in [5.41, 5.74) is 3.06. The minimum atomic E-state index is -0.924. The lowest BCUT2D eigenvalue weighted by Gasteiger charge is -2.38. The number of likely N-dealkylation sites (tertiary alicyclic amines) is 1. The standard InChI is InChI=1S/C25H23FN6O4/c1-13-3-4-15(23-29-25(36-30-23)18-9-20(18)26)7-21(13)28-24(34)19-10-27-32-6-5-16(8-22(19)32)35-17-11-31(12-17)14(2)33/h3-8,10,17-18,20H,9,11-12H2,1-2H3,(H,28,34)/t18-,20-/m0/s1. The summed E-state index contributed by atoms with van der Waals surface area (Å²) in [5.74, 6) is 0.609. The molecule has 0 spiro atoms. The van der Waals surface area contributed by atoms with Gasteiger partial charge in [0, 0.05) is 30.4 Å². The van der Waals surface area contributed by atoms with Gasteiger partial charge in [-0.15, -0.1) is 0 Å². The zero-order valence-electron chi connectivity index (χ0n) is 19.6. The van der Waals surface area contributed by atoms with E-state index in [2.05, 4.69) is 20.6 Å². The number of benzene rings is 1. The largest absolute Gasteiger partial charge is 0.487 e. The molecule has 0 bridgehead atoms. The maximum atomic E-state index is 13.3. The summed E-state index contributed by atoms with van der Waals surface area (Å²) < 4.78 is 26.1. The molecule has 2 amide bonds. The number of anilines is 1. The van der Waals surface area contributed by atoms with Gasteiger partial charge in [0.1, 0.15) is 18.0 Å². The highest BCUT2D eigenvalue weighted by Crippen LogP contribution is 2.43. The van der Waals surface area contributed by atoms with Gasteiger partial charge in [-0.1, -0.05) is 17.3 Å². The second-order valence-electron chi connectivity index (χ2n) is 9.21. The molecule has 2 aliphatic rings. The molecule has 4 heterocycles. The van der Waals surface area contributed by atoms with E-state index in [0.29, 0.717) is 59.3 Å². The summed E-state index contributed by atoms with van der Waals surface area (Å²) in [6.07, 6.45) is 2.63.